The molecule has 4 unspecified atom stereocenters. The van der Waals surface area contributed by atoms with Crippen molar-refractivity contribution < 1.29 is 29.6 Å². The molecule has 16 heteroatoms. The summed E-state index contributed by atoms with van der Waals surface area (Å²) in [7, 11) is 0. The van der Waals surface area contributed by atoms with E-state index in [1.54, 1.807) is 28.8 Å². The predicted octanol–water partition coefficient (Wildman–Crippen LogP) is 3.01. The van der Waals surface area contributed by atoms with Gasteiger partial charge in [0.05, 0.1) is 30.1 Å². The number of hydrogen-bond donors (Lipinski definition) is 5. The highest BCUT2D eigenvalue weighted by Gasteiger charge is 2.37. The highest BCUT2D eigenvalue weighted by atomic mass is 16.5. The summed E-state index contributed by atoms with van der Waals surface area (Å²) in [6, 6.07) is 9.23. The number of ketones is 1. The number of rotatable bonds is 9. The third-order valence-corrected chi connectivity index (χ3v) is 12.1. The van der Waals surface area contributed by atoms with E-state index in [4.69, 9.17) is 9.72 Å². The van der Waals surface area contributed by atoms with Gasteiger partial charge >= 0.3 is 0 Å². The average Bonchev–Trinajstić information content (AvgIpc) is 3.68. The zero-order chi connectivity index (χ0) is 39.8. The average molecular weight is 782 g/mol. The molecule has 3 aliphatic heterocycles. The standard InChI is InChI=1S/C41H51N9O7/c1-24-31-21-43-41(46-37(31)50(28-5-3-4-6-28)40(56)36(24)25(2)51)44-33-12-9-29(20-42-33)47-15-17-48(18-16-47)35(53)14-8-26-7-10-30-27(19-26)22-57-23-49(39(30)55)32-11-13-34(52)45-38(32)54/h7,9-10,12,19-21,28,32,34,38-39,45,52,54-55H,3-6,8,11,13-18,22-23H2,1-2H3,(H,42,43,44,46). The Kier molecular flexibility index (Phi) is 11.3. The number of piperidine rings is 1. The van der Waals surface area contributed by atoms with E-state index in [1.165, 1.54) is 6.92 Å². The number of anilines is 3. The number of carbonyl (C=O) groups is 2. The molecule has 0 spiro atoms. The number of hydrogen-bond acceptors (Lipinski definition) is 14. The Balaban J connectivity index is 0.855. The molecule has 5 N–H and O–H groups in total. The molecular formula is C41H51N9O7. The molecule has 1 aromatic carbocycles. The van der Waals surface area contributed by atoms with Gasteiger partial charge in [0, 0.05) is 55.8 Å². The zero-order valence-electron chi connectivity index (χ0n) is 32.4. The molecular weight excluding hydrogens is 731 g/mol. The molecule has 4 aliphatic rings. The van der Waals surface area contributed by atoms with Gasteiger partial charge in [0.25, 0.3) is 5.56 Å². The number of aryl methyl sites for hydroxylation is 2. The molecule has 4 aromatic rings. The number of aliphatic hydroxyl groups is 3. The van der Waals surface area contributed by atoms with Crippen molar-refractivity contribution in [2.24, 2.45) is 0 Å². The van der Waals surface area contributed by atoms with E-state index in [9.17, 15) is 29.7 Å². The minimum atomic E-state index is -0.987. The maximum Gasteiger partial charge on any atom is 0.263 e. The van der Waals surface area contributed by atoms with Crippen molar-refractivity contribution in [2.75, 3.05) is 43.1 Å². The van der Waals surface area contributed by atoms with Crippen molar-refractivity contribution in [3.8, 4) is 0 Å². The fourth-order valence-electron chi connectivity index (χ4n) is 8.90. The van der Waals surface area contributed by atoms with E-state index in [0.29, 0.717) is 92.4 Å². The summed E-state index contributed by atoms with van der Waals surface area (Å²) in [6.45, 7) is 6.18. The van der Waals surface area contributed by atoms with Gasteiger partial charge in [-0.1, -0.05) is 31.0 Å². The summed E-state index contributed by atoms with van der Waals surface area (Å²) < 4.78 is 7.59. The van der Waals surface area contributed by atoms with E-state index in [-0.39, 0.29) is 35.6 Å². The van der Waals surface area contributed by atoms with Crippen molar-refractivity contribution in [1.82, 2.24) is 34.6 Å². The van der Waals surface area contributed by atoms with Crippen LogP contribution in [0.3, 0.4) is 0 Å². The monoisotopic (exact) mass is 781 g/mol. The van der Waals surface area contributed by atoms with E-state index < -0.39 is 24.7 Å². The second kappa shape index (κ2) is 16.6. The van der Waals surface area contributed by atoms with Crippen LogP contribution in [-0.2, 0) is 22.6 Å². The summed E-state index contributed by atoms with van der Waals surface area (Å²) in [6.07, 6.45) is 6.42. The van der Waals surface area contributed by atoms with Crippen LogP contribution in [-0.4, -0.2) is 108 Å². The molecule has 1 saturated carbocycles. The van der Waals surface area contributed by atoms with Gasteiger partial charge in [-0.05, 0) is 74.8 Å². The van der Waals surface area contributed by atoms with Crippen LogP contribution in [0.25, 0.3) is 11.0 Å². The Morgan fingerprint density at radius 1 is 0.982 bits per heavy atom. The Morgan fingerprint density at radius 2 is 1.77 bits per heavy atom. The summed E-state index contributed by atoms with van der Waals surface area (Å²) in [4.78, 5) is 59.0. The number of pyridine rings is 2. The molecule has 4 atom stereocenters. The first kappa shape index (κ1) is 39.0. The zero-order valence-corrected chi connectivity index (χ0v) is 32.4. The van der Waals surface area contributed by atoms with Crippen molar-refractivity contribution in [3.63, 3.8) is 0 Å². The summed E-state index contributed by atoms with van der Waals surface area (Å²) in [5, 5.41) is 38.2. The predicted molar refractivity (Wildman–Crippen MR) is 212 cm³/mol. The summed E-state index contributed by atoms with van der Waals surface area (Å²) in [5.74, 6) is 0.701. The summed E-state index contributed by atoms with van der Waals surface area (Å²) >= 11 is 0. The number of Topliss-reactive ketones (excluding diaryl/α,β-unsaturated/α-hetero) is 1. The first-order chi connectivity index (χ1) is 27.5. The number of amides is 1. The van der Waals surface area contributed by atoms with E-state index >= 15 is 0 Å². The molecule has 57 heavy (non-hydrogen) atoms. The van der Waals surface area contributed by atoms with Crippen molar-refractivity contribution in [3.05, 3.63) is 80.9 Å². The third-order valence-electron chi connectivity index (χ3n) is 12.1. The lowest BCUT2D eigenvalue weighted by molar-refractivity contribution is -0.143. The SMILES string of the molecule is CC(=O)c1c(C)c2cnc(Nc3ccc(N4CCN(C(=O)CCc5ccc6c(c5)COCN(C5CCC(O)NC5O)C6O)CC4)cn3)nc2n(C2CCCC2)c1=O. The first-order valence-electron chi connectivity index (χ1n) is 20.0. The number of benzene rings is 1. The van der Waals surface area contributed by atoms with Crippen molar-refractivity contribution >= 4 is 40.2 Å². The van der Waals surface area contributed by atoms with Crippen LogP contribution in [0.1, 0.15) is 96.8 Å². The van der Waals surface area contributed by atoms with Gasteiger partial charge in [-0.2, -0.15) is 4.98 Å². The molecule has 0 radical (unpaired) electrons. The number of carbonyl (C=O) groups excluding carboxylic acids is 2. The van der Waals surface area contributed by atoms with Crippen LogP contribution in [0.15, 0.2) is 47.5 Å². The van der Waals surface area contributed by atoms with Crippen LogP contribution in [0.4, 0.5) is 17.5 Å². The van der Waals surface area contributed by atoms with Crippen molar-refractivity contribution in [1.29, 1.82) is 0 Å². The molecule has 16 nitrogen and oxygen atoms in total. The molecule has 1 amide bonds. The smallest absolute Gasteiger partial charge is 0.263 e. The third kappa shape index (κ3) is 8.02. The van der Waals surface area contributed by atoms with Gasteiger partial charge in [-0.3, -0.25) is 24.3 Å². The van der Waals surface area contributed by atoms with E-state index in [2.05, 4.69) is 25.5 Å². The molecule has 6 heterocycles. The van der Waals surface area contributed by atoms with Crippen LogP contribution in [0.2, 0.25) is 0 Å². The number of aromatic nitrogens is 4. The molecule has 302 valence electrons. The first-order valence-corrected chi connectivity index (χ1v) is 20.0. The Labute approximate surface area is 330 Å². The van der Waals surface area contributed by atoms with Gasteiger partial charge in [0.1, 0.15) is 36.9 Å². The maximum absolute atomic E-state index is 13.6. The number of ether oxygens (including phenoxy) is 1. The van der Waals surface area contributed by atoms with Crippen LogP contribution in [0.5, 0.6) is 0 Å². The van der Waals surface area contributed by atoms with Gasteiger partial charge in [0.2, 0.25) is 11.9 Å². The van der Waals surface area contributed by atoms with Crippen LogP contribution in [0, 0.1) is 6.92 Å². The second-order valence-corrected chi connectivity index (χ2v) is 15.7. The Morgan fingerprint density at radius 3 is 2.49 bits per heavy atom. The molecule has 1 aliphatic carbocycles. The summed E-state index contributed by atoms with van der Waals surface area (Å²) in [5.41, 5.74) is 4.52. The highest BCUT2D eigenvalue weighted by molar-refractivity contribution is 5.99. The fraction of sp³-hybridized carbons (Fsp3) is 0.512. The number of nitrogens with zero attached hydrogens (tertiary/aromatic N) is 7. The van der Waals surface area contributed by atoms with E-state index in [1.807, 2.05) is 35.2 Å². The van der Waals surface area contributed by atoms with E-state index in [0.717, 1.165) is 42.5 Å². The highest BCUT2D eigenvalue weighted by Crippen LogP contribution is 2.34. The van der Waals surface area contributed by atoms with Gasteiger partial charge < -0.3 is 35.2 Å². The Bertz CT molecular complexity index is 2180. The lowest BCUT2D eigenvalue weighted by atomic mass is 9.98. The second-order valence-electron chi connectivity index (χ2n) is 15.7. The quantitative estimate of drug-likeness (QED) is 0.155. The fourth-order valence-corrected chi connectivity index (χ4v) is 8.90. The van der Waals surface area contributed by atoms with Crippen molar-refractivity contribution in [2.45, 2.75) is 103 Å². The normalized spacial score (nSPS) is 23.4. The molecule has 8 rings (SSSR count). The van der Waals surface area contributed by atoms with Gasteiger partial charge in [-0.25, -0.2) is 14.9 Å². The molecule has 3 fully saturated rings. The number of piperazine rings is 1. The van der Waals surface area contributed by atoms with Gasteiger partial charge in [-0.15, -0.1) is 0 Å². The lowest BCUT2D eigenvalue weighted by Gasteiger charge is -2.40. The lowest BCUT2D eigenvalue weighted by Crippen LogP contribution is -2.57. The van der Waals surface area contributed by atoms with Gasteiger partial charge in [0.15, 0.2) is 5.78 Å². The molecule has 2 saturated heterocycles. The number of aliphatic hydroxyl groups excluding tert-OH is 3. The minimum absolute atomic E-state index is 0.00702. The van der Waals surface area contributed by atoms with Crippen LogP contribution < -0.4 is 21.1 Å². The topological polar surface area (TPSA) is 199 Å². The minimum Gasteiger partial charge on any atom is -0.379 e. The Hall–Kier alpha value is -4.84. The largest absolute Gasteiger partial charge is 0.379 e. The number of fused-ring (bicyclic) bond motifs is 2. The number of nitrogens with one attached hydrogen (secondary N) is 2. The maximum atomic E-state index is 13.6. The molecule has 3 aromatic heterocycles. The molecule has 0 bridgehead atoms. The van der Waals surface area contributed by atoms with Crippen LogP contribution >= 0.6 is 0 Å².